The first-order chi connectivity index (χ1) is 12.1. The molecule has 2 heterocycles. The van der Waals surface area contributed by atoms with Crippen LogP contribution < -0.4 is 25.4 Å². The number of nitrogens with zero attached hydrogens (tertiary/aromatic N) is 3. The van der Waals surface area contributed by atoms with E-state index in [9.17, 15) is 0 Å². The third-order valence-corrected chi connectivity index (χ3v) is 3.77. The molecule has 0 radical (unpaired) electrons. The fourth-order valence-corrected chi connectivity index (χ4v) is 2.55. The highest BCUT2D eigenvalue weighted by Gasteiger charge is 2.11. The molecule has 1 aliphatic rings. The lowest BCUT2D eigenvalue weighted by molar-refractivity contribution is 0.297. The monoisotopic (exact) mass is 341 g/mol. The number of aliphatic imine (C=N–C) groups is 1. The molecule has 0 saturated carbocycles. The average Bonchev–Trinajstić information content (AvgIpc) is 2.85. The maximum atomic E-state index is 6.01. The number of guanidine groups is 1. The van der Waals surface area contributed by atoms with Crippen LogP contribution in [0.25, 0.3) is 0 Å². The molecule has 0 fully saturated rings. The van der Waals surface area contributed by atoms with E-state index in [-0.39, 0.29) is 0 Å². The number of aromatic nitrogens is 1. The van der Waals surface area contributed by atoms with Gasteiger partial charge in [0.15, 0.2) is 17.5 Å². The van der Waals surface area contributed by atoms with E-state index in [2.05, 4.69) is 15.3 Å². The Morgan fingerprint density at radius 1 is 1.24 bits per heavy atom. The van der Waals surface area contributed by atoms with Gasteiger partial charge < -0.3 is 25.4 Å². The minimum atomic E-state index is 0.324. The summed E-state index contributed by atoms with van der Waals surface area (Å²) in [6, 6.07) is 9.54. The van der Waals surface area contributed by atoms with Crippen LogP contribution in [0.2, 0.25) is 0 Å². The normalized spacial score (nSPS) is 13.9. The molecule has 1 aromatic heterocycles. The lowest BCUT2D eigenvalue weighted by Crippen LogP contribution is -2.23. The summed E-state index contributed by atoms with van der Waals surface area (Å²) in [5.74, 6) is 1.79. The smallest absolute Gasteiger partial charge is 0.193 e. The van der Waals surface area contributed by atoms with E-state index < -0.39 is 0 Å². The summed E-state index contributed by atoms with van der Waals surface area (Å²) in [4.78, 5) is 10.8. The lowest BCUT2D eigenvalue weighted by atomic mass is 10.2. The highest BCUT2D eigenvalue weighted by Crippen LogP contribution is 2.32. The summed E-state index contributed by atoms with van der Waals surface area (Å²) < 4.78 is 11.3. The molecule has 1 aliphatic heterocycles. The molecule has 7 nitrogen and oxygen atoms in total. The number of anilines is 2. The Hall–Kier alpha value is -2.96. The van der Waals surface area contributed by atoms with Gasteiger partial charge in [-0.1, -0.05) is 0 Å². The van der Waals surface area contributed by atoms with Gasteiger partial charge in [0.1, 0.15) is 0 Å². The average molecular weight is 341 g/mol. The predicted octanol–water partition coefficient (Wildman–Crippen LogP) is 2.24. The maximum Gasteiger partial charge on any atom is 0.193 e. The van der Waals surface area contributed by atoms with Crippen LogP contribution in [0.15, 0.2) is 41.5 Å². The zero-order chi connectivity index (χ0) is 17.6. The van der Waals surface area contributed by atoms with Crippen LogP contribution in [0.4, 0.5) is 11.4 Å². The van der Waals surface area contributed by atoms with Crippen molar-refractivity contribution in [1.82, 2.24) is 4.98 Å². The summed E-state index contributed by atoms with van der Waals surface area (Å²) in [6.45, 7) is 1.71. The Balaban J connectivity index is 1.69. The van der Waals surface area contributed by atoms with E-state index >= 15 is 0 Å². The van der Waals surface area contributed by atoms with E-state index in [1.54, 1.807) is 6.20 Å². The molecule has 0 unspecified atom stereocenters. The first-order valence-electron chi connectivity index (χ1n) is 8.21. The van der Waals surface area contributed by atoms with Crippen molar-refractivity contribution in [3.63, 3.8) is 0 Å². The topological polar surface area (TPSA) is 85.0 Å². The molecule has 2 aromatic rings. The van der Waals surface area contributed by atoms with Gasteiger partial charge in [-0.25, -0.2) is 4.99 Å². The number of fused-ring (bicyclic) bond motifs is 1. The number of hydrogen-bond donors (Lipinski definition) is 2. The largest absolute Gasteiger partial charge is 0.490 e. The van der Waals surface area contributed by atoms with Crippen molar-refractivity contribution in [1.29, 1.82) is 0 Å². The summed E-state index contributed by atoms with van der Waals surface area (Å²) in [6.07, 6.45) is 2.63. The zero-order valence-corrected chi connectivity index (χ0v) is 14.5. The number of rotatable bonds is 4. The van der Waals surface area contributed by atoms with Crippen LogP contribution in [-0.4, -0.2) is 38.3 Å². The van der Waals surface area contributed by atoms with E-state index in [1.807, 2.05) is 49.3 Å². The van der Waals surface area contributed by atoms with E-state index in [4.69, 9.17) is 15.2 Å². The number of ether oxygens (including phenoxy) is 2. The molecule has 0 saturated heterocycles. The first kappa shape index (κ1) is 16.9. The van der Waals surface area contributed by atoms with Crippen LogP contribution in [0.5, 0.6) is 11.5 Å². The third-order valence-electron chi connectivity index (χ3n) is 3.77. The molecule has 0 aliphatic carbocycles. The molecular formula is C18H23N5O2. The van der Waals surface area contributed by atoms with Gasteiger partial charge >= 0.3 is 0 Å². The minimum Gasteiger partial charge on any atom is -0.490 e. The Morgan fingerprint density at radius 2 is 2.04 bits per heavy atom. The SMILES string of the molecule is CN(C)c1cccnc1CN=C(N)Nc1ccc2c(c1)OCCCO2. The van der Waals surface area contributed by atoms with Gasteiger partial charge in [0.2, 0.25) is 0 Å². The molecule has 3 N–H and O–H groups in total. The van der Waals surface area contributed by atoms with Gasteiger partial charge in [-0.05, 0) is 24.3 Å². The number of benzene rings is 1. The van der Waals surface area contributed by atoms with E-state index in [0.717, 1.165) is 35.0 Å². The van der Waals surface area contributed by atoms with Gasteiger partial charge in [-0.2, -0.15) is 0 Å². The van der Waals surface area contributed by atoms with Crippen LogP contribution >= 0.6 is 0 Å². The van der Waals surface area contributed by atoms with Crippen molar-refractivity contribution < 1.29 is 9.47 Å². The molecule has 0 amide bonds. The molecular weight excluding hydrogens is 318 g/mol. The second-order valence-electron chi connectivity index (χ2n) is 5.90. The third kappa shape index (κ3) is 4.32. The van der Waals surface area contributed by atoms with Crippen molar-refractivity contribution in [2.24, 2.45) is 10.7 Å². The second-order valence-corrected chi connectivity index (χ2v) is 5.90. The summed E-state index contributed by atoms with van der Waals surface area (Å²) >= 11 is 0. The lowest BCUT2D eigenvalue weighted by Gasteiger charge is -2.15. The molecule has 3 rings (SSSR count). The molecule has 0 atom stereocenters. The van der Waals surface area contributed by atoms with Crippen molar-refractivity contribution in [2.45, 2.75) is 13.0 Å². The maximum absolute atomic E-state index is 6.01. The van der Waals surface area contributed by atoms with Crippen molar-refractivity contribution in [3.05, 3.63) is 42.2 Å². The van der Waals surface area contributed by atoms with Gasteiger partial charge in [0.25, 0.3) is 0 Å². The zero-order valence-electron chi connectivity index (χ0n) is 14.5. The molecule has 7 heteroatoms. The molecule has 25 heavy (non-hydrogen) atoms. The number of pyridine rings is 1. The Labute approximate surface area is 147 Å². The van der Waals surface area contributed by atoms with Crippen LogP contribution in [0.3, 0.4) is 0 Å². The minimum absolute atomic E-state index is 0.324. The van der Waals surface area contributed by atoms with Gasteiger partial charge in [0.05, 0.1) is 31.1 Å². The fraction of sp³-hybridized carbons (Fsp3) is 0.333. The van der Waals surface area contributed by atoms with Gasteiger partial charge in [-0.3, -0.25) is 4.98 Å². The highest BCUT2D eigenvalue weighted by atomic mass is 16.5. The van der Waals surface area contributed by atoms with Crippen LogP contribution in [0.1, 0.15) is 12.1 Å². The summed E-state index contributed by atoms with van der Waals surface area (Å²) in [5.41, 5.74) is 8.71. The van der Waals surface area contributed by atoms with Crippen LogP contribution in [0, 0.1) is 0 Å². The quantitative estimate of drug-likeness (QED) is 0.655. The first-order valence-corrected chi connectivity index (χ1v) is 8.21. The Bertz CT molecular complexity index is 761. The highest BCUT2D eigenvalue weighted by molar-refractivity contribution is 5.92. The predicted molar refractivity (Wildman–Crippen MR) is 99.6 cm³/mol. The molecule has 0 bridgehead atoms. The van der Waals surface area contributed by atoms with E-state index in [0.29, 0.717) is 25.7 Å². The van der Waals surface area contributed by atoms with Gasteiger partial charge in [0, 0.05) is 38.5 Å². The number of nitrogens with one attached hydrogen (secondary N) is 1. The van der Waals surface area contributed by atoms with Gasteiger partial charge in [-0.15, -0.1) is 0 Å². The summed E-state index contributed by atoms with van der Waals surface area (Å²) in [7, 11) is 3.95. The molecule has 132 valence electrons. The van der Waals surface area contributed by atoms with E-state index in [1.165, 1.54) is 0 Å². The Kier molecular flexibility index (Phi) is 5.23. The van der Waals surface area contributed by atoms with Crippen molar-refractivity contribution in [3.8, 4) is 11.5 Å². The fourth-order valence-electron chi connectivity index (χ4n) is 2.55. The standard InChI is InChI=1S/C18H23N5O2/c1-23(2)15-5-3-8-20-14(15)12-21-18(19)22-13-6-7-16-17(11-13)25-10-4-9-24-16/h3,5-8,11H,4,9-10,12H2,1-2H3,(H3,19,21,22). The van der Waals surface area contributed by atoms with Crippen molar-refractivity contribution >= 4 is 17.3 Å². The summed E-state index contributed by atoms with van der Waals surface area (Å²) in [5, 5.41) is 3.08. The van der Waals surface area contributed by atoms with Crippen LogP contribution in [-0.2, 0) is 6.54 Å². The number of nitrogens with two attached hydrogens (primary N) is 1. The second kappa shape index (κ2) is 7.74. The Morgan fingerprint density at radius 3 is 2.84 bits per heavy atom. The molecule has 1 aromatic carbocycles. The van der Waals surface area contributed by atoms with Crippen molar-refractivity contribution in [2.75, 3.05) is 37.5 Å². The molecule has 0 spiro atoms. The number of hydrogen-bond acceptors (Lipinski definition) is 5.